The fraction of sp³-hybridized carbons (Fsp3) is 0.350. The maximum absolute atomic E-state index is 4.82. The SMILES string of the molecule is Cc1ccc2nc(N3CCN(CCc4ccccc4)CC3)sc2c1. The van der Waals surface area contributed by atoms with E-state index < -0.39 is 0 Å². The number of piperazine rings is 1. The van der Waals surface area contributed by atoms with E-state index in [0.29, 0.717) is 0 Å². The van der Waals surface area contributed by atoms with E-state index in [4.69, 9.17) is 4.98 Å². The van der Waals surface area contributed by atoms with Crippen molar-refractivity contribution in [2.24, 2.45) is 0 Å². The van der Waals surface area contributed by atoms with Gasteiger partial charge in [-0.05, 0) is 36.6 Å². The molecule has 0 atom stereocenters. The third-order valence-corrected chi connectivity index (χ3v) is 5.81. The predicted molar refractivity (Wildman–Crippen MR) is 103 cm³/mol. The summed E-state index contributed by atoms with van der Waals surface area (Å²) in [6.45, 7) is 7.70. The van der Waals surface area contributed by atoms with E-state index in [2.05, 4.69) is 65.3 Å². The molecule has 1 aliphatic heterocycles. The standard InChI is InChI=1S/C20H23N3S/c1-16-7-8-18-19(15-16)24-20(21-18)23-13-11-22(12-14-23)10-9-17-5-3-2-4-6-17/h2-8,15H,9-14H2,1H3. The molecule has 4 heteroatoms. The van der Waals surface area contributed by atoms with Crippen molar-refractivity contribution in [2.75, 3.05) is 37.6 Å². The molecule has 0 radical (unpaired) electrons. The second-order valence-corrected chi connectivity index (χ2v) is 7.54. The van der Waals surface area contributed by atoms with Crippen LogP contribution < -0.4 is 4.90 Å². The molecule has 1 fully saturated rings. The number of fused-ring (bicyclic) bond motifs is 1. The van der Waals surface area contributed by atoms with Crippen LogP contribution in [0.15, 0.2) is 48.5 Å². The first-order valence-electron chi connectivity index (χ1n) is 8.66. The van der Waals surface area contributed by atoms with Crippen LogP contribution in [0.25, 0.3) is 10.2 Å². The van der Waals surface area contributed by atoms with Crippen LogP contribution in [0.4, 0.5) is 5.13 Å². The van der Waals surface area contributed by atoms with Gasteiger partial charge in [-0.2, -0.15) is 0 Å². The Morgan fingerprint density at radius 3 is 2.58 bits per heavy atom. The molecule has 3 nitrogen and oxygen atoms in total. The van der Waals surface area contributed by atoms with Crippen LogP contribution >= 0.6 is 11.3 Å². The summed E-state index contributed by atoms with van der Waals surface area (Å²) < 4.78 is 1.30. The molecule has 0 unspecified atom stereocenters. The molecule has 3 aromatic rings. The van der Waals surface area contributed by atoms with Gasteiger partial charge in [0.1, 0.15) is 0 Å². The average Bonchev–Trinajstić information content (AvgIpc) is 3.04. The summed E-state index contributed by atoms with van der Waals surface area (Å²) in [5, 5.41) is 1.18. The predicted octanol–water partition coefficient (Wildman–Crippen LogP) is 3.97. The number of hydrogen-bond acceptors (Lipinski definition) is 4. The van der Waals surface area contributed by atoms with Gasteiger partial charge in [0.05, 0.1) is 10.2 Å². The lowest BCUT2D eigenvalue weighted by Gasteiger charge is -2.34. The molecule has 0 amide bonds. The Morgan fingerprint density at radius 2 is 1.79 bits per heavy atom. The van der Waals surface area contributed by atoms with Crippen LogP contribution in [0, 0.1) is 6.92 Å². The van der Waals surface area contributed by atoms with Gasteiger partial charge in [0, 0.05) is 32.7 Å². The number of aromatic nitrogens is 1. The number of nitrogens with zero attached hydrogens (tertiary/aromatic N) is 3. The number of thiazole rings is 1. The zero-order valence-corrected chi connectivity index (χ0v) is 14.9. The Morgan fingerprint density at radius 1 is 1.00 bits per heavy atom. The number of aryl methyl sites for hydroxylation is 1. The van der Waals surface area contributed by atoms with Gasteiger partial charge in [0.2, 0.25) is 0 Å². The first-order chi connectivity index (χ1) is 11.8. The largest absolute Gasteiger partial charge is 0.345 e. The third kappa shape index (κ3) is 3.45. The molecular formula is C20H23N3S. The molecule has 0 N–H and O–H groups in total. The van der Waals surface area contributed by atoms with Gasteiger partial charge in [-0.15, -0.1) is 0 Å². The second kappa shape index (κ2) is 6.91. The fourth-order valence-corrected chi connectivity index (χ4v) is 4.37. The van der Waals surface area contributed by atoms with Gasteiger partial charge in [-0.3, -0.25) is 4.90 Å². The van der Waals surface area contributed by atoms with Crippen molar-refractivity contribution >= 4 is 26.7 Å². The van der Waals surface area contributed by atoms with Gasteiger partial charge in [-0.1, -0.05) is 47.7 Å². The monoisotopic (exact) mass is 337 g/mol. The van der Waals surface area contributed by atoms with Gasteiger partial charge in [0.15, 0.2) is 5.13 Å². The average molecular weight is 337 g/mol. The van der Waals surface area contributed by atoms with Gasteiger partial charge < -0.3 is 4.90 Å². The Hall–Kier alpha value is -1.91. The molecule has 124 valence electrons. The van der Waals surface area contributed by atoms with Gasteiger partial charge >= 0.3 is 0 Å². The highest BCUT2D eigenvalue weighted by atomic mass is 32.1. The normalized spacial score (nSPS) is 16.0. The van der Waals surface area contributed by atoms with Crippen molar-refractivity contribution in [3.05, 3.63) is 59.7 Å². The molecule has 24 heavy (non-hydrogen) atoms. The van der Waals surface area contributed by atoms with Crippen LogP contribution in [0.2, 0.25) is 0 Å². The van der Waals surface area contributed by atoms with E-state index in [1.165, 1.54) is 21.0 Å². The lowest BCUT2D eigenvalue weighted by Crippen LogP contribution is -2.46. The van der Waals surface area contributed by atoms with Crippen LogP contribution in [0.1, 0.15) is 11.1 Å². The Balaban J connectivity index is 1.35. The van der Waals surface area contributed by atoms with Crippen LogP contribution in [-0.2, 0) is 6.42 Å². The Bertz CT molecular complexity index is 804. The number of hydrogen-bond donors (Lipinski definition) is 0. The lowest BCUT2D eigenvalue weighted by atomic mass is 10.1. The van der Waals surface area contributed by atoms with Crippen molar-refractivity contribution in [3.8, 4) is 0 Å². The first kappa shape index (κ1) is 15.6. The second-order valence-electron chi connectivity index (χ2n) is 6.53. The molecule has 2 aromatic carbocycles. The molecular weight excluding hydrogens is 314 g/mol. The van der Waals surface area contributed by atoms with E-state index in [0.717, 1.165) is 44.7 Å². The summed E-state index contributed by atoms with van der Waals surface area (Å²) in [6, 6.07) is 17.3. The molecule has 1 aromatic heterocycles. The number of benzene rings is 2. The molecule has 2 heterocycles. The van der Waals surface area contributed by atoms with Crippen molar-refractivity contribution in [1.29, 1.82) is 0 Å². The highest BCUT2D eigenvalue weighted by Crippen LogP contribution is 2.30. The molecule has 0 aliphatic carbocycles. The summed E-state index contributed by atoms with van der Waals surface area (Å²) in [5.74, 6) is 0. The van der Waals surface area contributed by atoms with Crippen molar-refractivity contribution in [2.45, 2.75) is 13.3 Å². The Kier molecular flexibility index (Phi) is 4.50. The fourth-order valence-electron chi connectivity index (χ4n) is 3.25. The summed E-state index contributed by atoms with van der Waals surface area (Å²) in [4.78, 5) is 9.84. The molecule has 4 rings (SSSR count). The minimum Gasteiger partial charge on any atom is -0.345 e. The maximum Gasteiger partial charge on any atom is 0.186 e. The van der Waals surface area contributed by atoms with Gasteiger partial charge in [-0.25, -0.2) is 4.98 Å². The number of rotatable bonds is 4. The molecule has 0 saturated carbocycles. The third-order valence-electron chi connectivity index (χ3n) is 4.73. The minimum absolute atomic E-state index is 1.08. The smallest absolute Gasteiger partial charge is 0.186 e. The first-order valence-corrected chi connectivity index (χ1v) is 9.48. The summed E-state index contributed by atoms with van der Waals surface area (Å²) in [5.41, 5.74) is 3.87. The highest BCUT2D eigenvalue weighted by molar-refractivity contribution is 7.22. The van der Waals surface area contributed by atoms with E-state index >= 15 is 0 Å². The summed E-state index contributed by atoms with van der Waals surface area (Å²) >= 11 is 1.83. The number of anilines is 1. The van der Waals surface area contributed by atoms with E-state index in [9.17, 15) is 0 Å². The minimum atomic E-state index is 1.08. The molecule has 0 spiro atoms. The van der Waals surface area contributed by atoms with Crippen LogP contribution in [-0.4, -0.2) is 42.6 Å². The quantitative estimate of drug-likeness (QED) is 0.718. The van der Waals surface area contributed by atoms with Gasteiger partial charge in [0.25, 0.3) is 0 Å². The topological polar surface area (TPSA) is 19.4 Å². The Labute approximate surface area is 147 Å². The van der Waals surface area contributed by atoms with Crippen molar-refractivity contribution in [3.63, 3.8) is 0 Å². The highest BCUT2D eigenvalue weighted by Gasteiger charge is 2.19. The van der Waals surface area contributed by atoms with Crippen LogP contribution in [0.5, 0.6) is 0 Å². The molecule has 1 aliphatic rings. The summed E-state index contributed by atoms with van der Waals surface area (Å²) in [6.07, 6.45) is 1.14. The van der Waals surface area contributed by atoms with Crippen molar-refractivity contribution in [1.82, 2.24) is 9.88 Å². The molecule has 1 saturated heterocycles. The summed E-state index contributed by atoms with van der Waals surface area (Å²) in [7, 11) is 0. The lowest BCUT2D eigenvalue weighted by molar-refractivity contribution is 0.261. The van der Waals surface area contributed by atoms with E-state index in [-0.39, 0.29) is 0 Å². The maximum atomic E-state index is 4.82. The van der Waals surface area contributed by atoms with E-state index in [1.807, 2.05) is 11.3 Å². The van der Waals surface area contributed by atoms with Crippen molar-refractivity contribution < 1.29 is 0 Å². The molecule has 0 bridgehead atoms. The van der Waals surface area contributed by atoms with Crippen LogP contribution in [0.3, 0.4) is 0 Å². The zero-order valence-electron chi connectivity index (χ0n) is 14.1. The zero-order chi connectivity index (χ0) is 16.4. The van der Waals surface area contributed by atoms with E-state index in [1.54, 1.807) is 0 Å².